The molecule has 1 heterocycles. The number of anilines is 1. The van der Waals surface area contributed by atoms with E-state index in [-0.39, 0.29) is 0 Å². The van der Waals surface area contributed by atoms with Gasteiger partial charge in [0.15, 0.2) is 0 Å². The molecule has 0 aliphatic heterocycles. The Morgan fingerprint density at radius 3 is 2.76 bits per heavy atom. The van der Waals surface area contributed by atoms with Crippen molar-refractivity contribution in [1.29, 1.82) is 0 Å². The third kappa shape index (κ3) is 2.44. The lowest BCUT2D eigenvalue weighted by molar-refractivity contribution is 0.408. The standard InChI is InChI=1S/C17H19N3O/c1-3-17-19-14-6-4-5-7-15(14)20(17)11-12-8-9-13(18)10-16(12)21-2/h4-10H,3,11,18H2,1-2H3. The highest BCUT2D eigenvalue weighted by atomic mass is 16.5. The Balaban J connectivity index is 2.09. The maximum absolute atomic E-state index is 5.82. The fraction of sp³-hybridized carbons (Fsp3) is 0.235. The van der Waals surface area contributed by atoms with E-state index in [1.807, 2.05) is 36.4 Å². The van der Waals surface area contributed by atoms with Gasteiger partial charge in [-0.2, -0.15) is 0 Å². The average molecular weight is 281 g/mol. The van der Waals surface area contributed by atoms with E-state index in [0.717, 1.165) is 41.1 Å². The van der Waals surface area contributed by atoms with Crippen molar-refractivity contribution in [2.75, 3.05) is 12.8 Å². The summed E-state index contributed by atoms with van der Waals surface area (Å²) in [6.45, 7) is 2.85. The van der Waals surface area contributed by atoms with Gasteiger partial charge in [0.25, 0.3) is 0 Å². The fourth-order valence-corrected chi connectivity index (χ4v) is 2.63. The van der Waals surface area contributed by atoms with Crippen LogP contribution in [-0.2, 0) is 13.0 Å². The third-order valence-corrected chi connectivity index (χ3v) is 3.69. The Morgan fingerprint density at radius 2 is 2.00 bits per heavy atom. The molecule has 0 amide bonds. The van der Waals surface area contributed by atoms with Crippen molar-refractivity contribution in [3.8, 4) is 5.75 Å². The highest BCUT2D eigenvalue weighted by Crippen LogP contribution is 2.25. The van der Waals surface area contributed by atoms with Crippen molar-refractivity contribution in [1.82, 2.24) is 9.55 Å². The van der Waals surface area contributed by atoms with Gasteiger partial charge in [-0.05, 0) is 18.2 Å². The van der Waals surface area contributed by atoms with Crippen molar-refractivity contribution >= 4 is 16.7 Å². The van der Waals surface area contributed by atoms with Crippen LogP contribution in [0.1, 0.15) is 18.3 Å². The van der Waals surface area contributed by atoms with Crippen molar-refractivity contribution in [3.05, 3.63) is 53.9 Å². The Labute approximate surface area is 124 Å². The summed E-state index contributed by atoms with van der Waals surface area (Å²) < 4.78 is 7.69. The van der Waals surface area contributed by atoms with Gasteiger partial charge >= 0.3 is 0 Å². The molecular weight excluding hydrogens is 262 g/mol. The normalized spacial score (nSPS) is 11.0. The number of aromatic nitrogens is 2. The van der Waals surface area contributed by atoms with Gasteiger partial charge in [0, 0.05) is 23.7 Å². The molecule has 0 unspecified atom stereocenters. The summed E-state index contributed by atoms with van der Waals surface area (Å²) in [6, 6.07) is 14.0. The van der Waals surface area contributed by atoms with E-state index in [9.17, 15) is 0 Å². The number of methoxy groups -OCH3 is 1. The topological polar surface area (TPSA) is 53.1 Å². The summed E-state index contributed by atoms with van der Waals surface area (Å²) in [7, 11) is 1.67. The molecule has 0 atom stereocenters. The number of hydrogen-bond acceptors (Lipinski definition) is 3. The number of imidazole rings is 1. The summed E-state index contributed by atoms with van der Waals surface area (Å²) in [4.78, 5) is 4.70. The molecule has 2 N–H and O–H groups in total. The van der Waals surface area contributed by atoms with E-state index in [4.69, 9.17) is 15.5 Å². The van der Waals surface area contributed by atoms with Gasteiger partial charge in [-0.25, -0.2) is 4.98 Å². The zero-order chi connectivity index (χ0) is 14.8. The summed E-state index contributed by atoms with van der Waals surface area (Å²) in [6.07, 6.45) is 0.895. The highest BCUT2D eigenvalue weighted by molar-refractivity contribution is 5.76. The maximum Gasteiger partial charge on any atom is 0.125 e. The Kier molecular flexibility index (Phi) is 3.52. The van der Waals surface area contributed by atoms with E-state index in [1.165, 1.54) is 0 Å². The Hall–Kier alpha value is -2.49. The predicted octanol–water partition coefficient (Wildman–Crippen LogP) is 3.24. The van der Waals surface area contributed by atoms with Gasteiger partial charge in [-0.1, -0.05) is 25.1 Å². The molecule has 0 bridgehead atoms. The number of fused-ring (bicyclic) bond motifs is 1. The quantitative estimate of drug-likeness (QED) is 0.747. The fourth-order valence-electron chi connectivity index (χ4n) is 2.63. The highest BCUT2D eigenvalue weighted by Gasteiger charge is 2.11. The first-order valence-electron chi connectivity index (χ1n) is 7.09. The van der Waals surface area contributed by atoms with E-state index in [0.29, 0.717) is 5.69 Å². The minimum atomic E-state index is 0.710. The first kappa shape index (κ1) is 13.5. The largest absolute Gasteiger partial charge is 0.496 e. The molecule has 1 aromatic heterocycles. The smallest absolute Gasteiger partial charge is 0.125 e. The third-order valence-electron chi connectivity index (χ3n) is 3.69. The summed E-state index contributed by atoms with van der Waals surface area (Å²) >= 11 is 0. The minimum Gasteiger partial charge on any atom is -0.496 e. The Bertz CT molecular complexity index is 777. The summed E-state index contributed by atoms with van der Waals surface area (Å²) in [5.74, 6) is 1.89. The molecule has 3 rings (SSSR count). The van der Waals surface area contributed by atoms with Gasteiger partial charge in [0.2, 0.25) is 0 Å². The zero-order valence-electron chi connectivity index (χ0n) is 12.3. The van der Waals surface area contributed by atoms with Crippen LogP contribution in [0.2, 0.25) is 0 Å². The molecule has 0 radical (unpaired) electrons. The van der Waals surface area contributed by atoms with Crippen LogP contribution in [0.25, 0.3) is 11.0 Å². The zero-order valence-corrected chi connectivity index (χ0v) is 12.3. The van der Waals surface area contributed by atoms with Crippen LogP contribution >= 0.6 is 0 Å². The number of nitrogens with two attached hydrogens (primary N) is 1. The summed E-state index contributed by atoms with van der Waals surface area (Å²) in [5, 5.41) is 0. The molecule has 0 aliphatic rings. The summed E-state index contributed by atoms with van der Waals surface area (Å²) in [5.41, 5.74) is 9.81. The van der Waals surface area contributed by atoms with Crippen LogP contribution in [0.3, 0.4) is 0 Å². The van der Waals surface area contributed by atoms with Crippen LogP contribution in [0.15, 0.2) is 42.5 Å². The van der Waals surface area contributed by atoms with Crippen LogP contribution in [0.4, 0.5) is 5.69 Å². The number of benzene rings is 2. The Morgan fingerprint density at radius 1 is 1.19 bits per heavy atom. The van der Waals surface area contributed by atoms with Crippen molar-refractivity contribution in [2.24, 2.45) is 0 Å². The molecule has 0 aliphatic carbocycles. The number of hydrogen-bond donors (Lipinski definition) is 1. The molecule has 21 heavy (non-hydrogen) atoms. The van der Waals surface area contributed by atoms with E-state index < -0.39 is 0 Å². The monoisotopic (exact) mass is 281 g/mol. The number of para-hydroxylation sites is 2. The average Bonchev–Trinajstić information content (AvgIpc) is 2.87. The molecular formula is C17H19N3O. The lowest BCUT2D eigenvalue weighted by atomic mass is 10.1. The number of nitrogens with zero attached hydrogens (tertiary/aromatic N) is 2. The van der Waals surface area contributed by atoms with Crippen LogP contribution in [0, 0.1) is 0 Å². The molecule has 4 heteroatoms. The van der Waals surface area contributed by atoms with E-state index in [1.54, 1.807) is 7.11 Å². The lowest BCUT2D eigenvalue weighted by Crippen LogP contribution is -2.06. The van der Waals surface area contributed by atoms with Crippen LogP contribution in [-0.4, -0.2) is 16.7 Å². The number of ether oxygens (including phenoxy) is 1. The predicted molar refractivity (Wildman–Crippen MR) is 85.6 cm³/mol. The van der Waals surface area contributed by atoms with Crippen molar-refractivity contribution in [3.63, 3.8) is 0 Å². The van der Waals surface area contributed by atoms with E-state index >= 15 is 0 Å². The van der Waals surface area contributed by atoms with Gasteiger partial charge in [-0.15, -0.1) is 0 Å². The SMILES string of the molecule is CCc1nc2ccccc2n1Cc1ccc(N)cc1OC. The van der Waals surface area contributed by atoms with Crippen molar-refractivity contribution < 1.29 is 4.74 Å². The van der Waals surface area contributed by atoms with Gasteiger partial charge in [-0.3, -0.25) is 0 Å². The molecule has 108 valence electrons. The second kappa shape index (κ2) is 5.48. The van der Waals surface area contributed by atoms with Crippen LogP contribution in [0.5, 0.6) is 5.75 Å². The van der Waals surface area contributed by atoms with Crippen LogP contribution < -0.4 is 10.5 Å². The van der Waals surface area contributed by atoms with E-state index in [2.05, 4.69) is 17.6 Å². The first-order chi connectivity index (χ1) is 10.2. The minimum absolute atomic E-state index is 0.710. The molecule has 0 spiro atoms. The number of aryl methyl sites for hydroxylation is 1. The molecule has 2 aromatic carbocycles. The number of nitrogen functional groups attached to an aromatic ring is 1. The molecule has 4 nitrogen and oxygen atoms in total. The molecule has 0 saturated carbocycles. The second-order valence-electron chi connectivity index (χ2n) is 5.03. The molecule has 3 aromatic rings. The number of rotatable bonds is 4. The lowest BCUT2D eigenvalue weighted by Gasteiger charge is -2.12. The molecule has 0 saturated heterocycles. The van der Waals surface area contributed by atoms with Gasteiger partial charge in [0.05, 0.1) is 24.7 Å². The second-order valence-corrected chi connectivity index (χ2v) is 5.03. The van der Waals surface area contributed by atoms with Gasteiger partial charge < -0.3 is 15.0 Å². The van der Waals surface area contributed by atoms with Gasteiger partial charge in [0.1, 0.15) is 11.6 Å². The maximum atomic E-state index is 5.82. The first-order valence-corrected chi connectivity index (χ1v) is 7.09. The molecule has 0 fully saturated rings. The van der Waals surface area contributed by atoms with Crippen molar-refractivity contribution in [2.45, 2.75) is 19.9 Å².